The third-order valence-corrected chi connectivity index (χ3v) is 4.51. The van der Waals surface area contributed by atoms with Crippen LogP contribution in [0, 0.1) is 6.92 Å². The summed E-state index contributed by atoms with van der Waals surface area (Å²) in [4.78, 5) is 2.16. The fourth-order valence-electron chi connectivity index (χ4n) is 3.16. The second-order valence-corrected chi connectivity index (χ2v) is 6.84. The topological polar surface area (TPSA) is 30.9 Å². The van der Waals surface area contributed by atoms with Crippen molar-refractivity contribution < 1.29 is 40.6 Å². The summed E-state index contributed by atoms with van der Waals surface area (Å²) in [5.74, 6) is -2.24. The second kappa shape index (κ2) is 8.53. The molecule has 0 aliphatic carbocycles. The zero-order valence-electron chi connectivity index (χ0n) is 15.9. The molecule has 0 N–H and O–H groups in total. The number of anilines is 1. The average molecular weight is 435 g/mol. The summed E-state index contributed by atoms with van der Waals surface area (Å²) in [6, 6.07) is 10.6. The van der Waals surface area contributed by atoms with Crippen LogP contribution in [-0.2, 0) is 0 Å². The number of halogens is 6. The first kappa shape index (κ1) is 21.9. The molecule has 0 unspecified atom stereocenters. The SMILES string of the molecule is Cc1ccc(N2CCC(Oc3ccc(OC(F)(F)F)c(OC(F)(F)F)c3)CC2)cc1. The van der Waals surface area contributed by atoms with Gasteiger partial charge in [0.2, 0.25) is 0 Å². The van der Waals surface area contributed by atoms with E-state index in [0.29, 0.717) is 25.9 Å². The van der Waals surface area contributed by atoms with E-state index in [1.54, 1.807) is 0 Å². The molecule has 1 aliphatic rings. The smallest absolute Gasteiger partial charge is 0.490 e. The van der Waals surface area contributed by atoms with Crippen molar-refractivity contribution in [2.75, 3.05) is 18.0 Å². The van der Waals surface area contributed by atoms with Gasteiger partial charge < -0.3 is 19.1 Å². The quantitative estimate of drug-likeness (QED) is 0.552. The monoisotopic (exact) mass is 435 g/mol. The van der Waals surface area contributed by atoms with E-state index >= 15 is 0 Å². The van der Waals surface area contributed by atoms with E-state index in [1.165, 1.54) is 0 Å². The Labute approximate surface area is 168 Å². The zero-order valence-corrected chi connectivity index (χ0v) is 15.9. The molecule has 0 radical (unpaired) electrons. The molecule has 1 aliphatic heterocycles. The summed E-state index contributed by atoms with van der Waals surface area (Å²) in [5, 5.41) is 0. The standard InChI is InChI=1S/C20H19F6NO3/c1-13-2-4-14(5-3-13)27-10-8-15(9-11-27)28-16-6-7-17(29-19(21,22)23)18(12-16)30-20(24,25)26/h2-7,12,15H,8-11H2,1H3. The highest BCUT2D eigenvalue weighted by atomic mass is 19.4. The highest BCUT2D eigenvalue weighted by Crippen LogP contribution is 2.38. The van der Waals surface area contributed by atoms with Crippen LogP contribution in [0.4, 0.5) is 32.0 Å². The van der Waals surface area contributed by atoms with Gasteiger partial charge in [0.1, 0.15) is 11.9 Å². The molecule has 0 amide bonds. The van der Waals surface area contributed by atoms with Gasteiger partial charge in [-0.2, -0.15) is 0 Å². The fourth-order valence-corrected chi connectivity index (χ4v) is 3.16. The predicted octanol–water partition coefficient (Wildman–Crippen LogP) is 5.84. The summed E-state index contributed by atoms with van der Waals surface area (Å²) in [6.07, 6.45) is -9.43. The maximum Gasteiger partial charge on any atom is 0.573 e. The Morgan fingerprint density at radius 3 is 1.93 bits per heavy atom. The summed E-state index contributed by atoms with van der Waals surface area (Å²) in [7, 11) is 0. The van der Waals surface area contributed by atoms with Crippen molar-refractivity contribution in [1.82, 2.24) is 0 Å². The van der Waals surface area contributed by atoms with Gasteiger partial charge in [0.25, 0.3) is 0 Å². The molecule has 1 saturated heterocycles. The number of hydrogen-bond acceptors (Lipinski definition) is 4. The molecule has 0 spiro atoms. The number of benzene rings is 2. The Morgan fingerprint density at radius 2 is 1.37 bits per heavy atom. The van der Waals surface area contributed by atoms with Crippen molar-refractivity contribution in [3.8, 4) is 17.2 Å². The lowest BCUT2D eigenvalue weighted by molar-refractivity contribution is -0.287. The lowest BCUT2D eigenvalue weighted by atomic mass is 10.1. The van der Waals surface area contributed by atoms with Crippen molar-refractivity contribution >= 4 is 5.69 Å². The largest absolute Gasteiger partial charge is 0.573 e. The van der Waals surface area contributed by atoms with Gasteiger partial charge in [-0.05, 0) is 31.2 Å². The number of aryl methyl sites for hydroxylation is 1. The molecule has 30 heavy (non-hydrogen) atoms. The predicted molar refractivity (Wildman–Crippen MR) is 96.9 cm³/mol. The van der Waals surface area contributed by atoms with Crippen LogP contribution in [0.15, 0.2) is 42.5 Å². The van der Waals surface area contributed by atoms with E-state index in [-0.39, 0.29) is 11.9 Å². The normalized spacial score (nSPS) is 15.8. The Bertz CT molecular complexity index is 843. The van der Waals surface area contributed by atoms with Crippen LogP contribution in [0.3, 0.4) is 0 Å². The van der Waals surface area contributed by atoms with Gasteiger partial charge in [-0.15, -0.1) is 26.3 Å². The first-order valence-electron chi connectivity index (χ1n) is 9.12. The average Bonchev–Trinajstić information content (AvgIpc) is 2.63. The summed E-state index contributed by atoms with van der Waals surface area (Å²) in [5.41, 5.74) is 2.21. The fraction of sp³-hybridized carbons (Fsp3) is 0.400. The van der Waals surface area contributed by atoms with Gasteiger partial charge in [-0.25, -0.2) is 0 Å². The highest BCUT2D eigenvalue weighted by Gasteiger charge is 2.37. The van der Waals surface area contributed by atoms with Crippen molar-refractivity contribution in [2.24, 2.45) is 0 Å². The summed E-state index contributed by atoms with van der Waals surface area (Å²) in [6.45, 7) is 3.34. The maximum absolute atomic E-state index is 12.6. The van der Waals surface area contributed by atoms with Crippen LogP contribution >= 0.6 is 0 Å². The molecule has 3 rings (SSSR count). The van der Waals surface area contributed by atoms with Gasteiger partial charge in [-0.3, -0.25) is 0 Å². The minimum atomic E-state index is -5.18. The van der Waals surface area contributed by atoms with Gasteiger partial charge >= 0.3 is 12.7 Å². The Kier molecular flexibility index (Phi) is 6.23. The molecular weight excluding hydrogens is 416 g/mol. The van der Waals surface area contributed by atoms with E-state index in [1.807, 2.05) is 31.2 Å². The molecule has 2 aromatic rings. The Morgan fingerprint density at radius 1 is 0.800 bits per heavy atom. The van der Waals surface area contributed by atoms with E-state index in [0.717, 1.165) is 29.4 Å². The molecule has 0 aromatic heterocycles. The van der Waals surface area contributed by atoms with Crippen molar-refractivity contribution in [1.29, 1.82) is 0 Å². The van der Waals surface area contributed by atoms with Gasteiger partial charge in [0, 0.05) is 37.7 Å². The second-order valence-electron chi connectivity index (χ2n) is 6.84. The third-order valence-electron chi connectivity index (χ3n) is 4.51. The Balaban J connectivity index is 1.66. The highest BCUT2D eigenvalue weighted by molar-refractivity contribution is 5.48. The van der Waals surface area contributed by atoms with Crippen molar-refractivity contribution in [3.05, 3.63) is 48.0 Å². The summed E-state index contributed by atoms with van der Waals surface area (Å²) < 4.78 is 88.0. The third kappa shape index (κ3) is 6.36. The van der Waals surface area contributed by atoms with Crippen LogP contribution in [0.2, 0.25) is 0 Å². The molecular formula is C20H19F6NO3. The first-order valence-corrected chi connectivity index (χ1v) is 9.12. The van der Waals surface area contributed by atoms with Crippen molar-refractivity contribution in [2.45, 2.75) is 38.6 Å². The Hall–Kier alpha value is -2.78. The van der Waals surface area contributed by atoms with Crippen LogP contribution in [0.25, 0.3) is 0 Å². The van der Waals surface area contributed by atoms with Crippen LogP contribution < -0.4 is 19.1 Å². The lowest BCUT2D eigenvalue weighted by Gasteiger charge is -2.34. The lowest BCUT2D eigenvalue weighted by Crippen LogP contribution is -2.38. The van der Waals surface area contributed by atoms with Crippen LogP contribution in [0.1, 0.15) is 18.4 Å². The molecule has 164 valence electrons. The number of piperidine rings is 1. The van der Waals surface area contributed by atoms with Gasteiger partial charge in [-0.1, -0.05) is 17.7 Å². The molecule has 0 atom stereocenters. The van der Waals surface area contributed by atoms with E-state index in [4.69, 9.17) is 4.74 Å². The minimum absolute atomic E-state index is 0.0300. The van der Waals surface area contributed by atoms with Crippen LogP contribution in [-0.4, -0.2) is 31.9 Å². The molecule has 4 nitrogen and oxygen atoms in total. The zero-order chi connectivity index (χ0) is 21.9. The van der Waals surface area contributed by atoms with Gasteiger partial charge in [0.05, 0.1) is 0 Å². The maximum atomic E-state index is 12.6. The molecule has 10 heteroatoms. The number of alkyl halides is 6. The molecule has 0 bridgehead atoms. The molecule has 1 fully saturated rings. The molecule has 1 heterocycles. The summed E-state index contributed by atoms with van der Waals surface area (Å²) >= 11 is 0. The number of hydrogen-bond donors (Lipinski definition) is 0. The number of nitrogens with zero attached hydrogens (tertiary/aromatic N) is 1. The van der Waals surface area contributed by atoms with E-state index in [2.05, 4.69) is 14.4 Å². The molecule has 2 aromatic carbocycles. The molecule has 0 saturated carbocycles. The van der Waals surface area contributed by atoms with E-state index in [9.17, 15) is 26.3 Å². The van der Waals surface area contributed by atoms with Crippen molar-refractivity contribution in [3.63, 3.8) is 0 Å². The number of rotatable bonds is 5. The number of ether oxygens (including phenoxy) is 3. The van der Waals surface area contributed by atoms with Crippen LogP contribution in [0.5, 0.6) is 17.2 Å². The minimum Gasteiger partial charge on any atom is -0.490 e. The van der Waals surface area contributed by atoms with E-state index < -0.39 is 24.2 Å². The van der Waals surface area contributed by atoms with Gasteiger partial charge in [0.15, 0.2) is 11.5 Å². The first-order chi connectivity index (χ1) is 14.0.